The van der Waals surface area contributed by atoms with E-state index in [2.05, 4.69) is 9.56 Å². The normalized spacial score (nSPS) is 14.7. The molecule has 3 aromatic carbocycles. The maximum atomic E-state index is 14.1. The smallest absolute Gasteiger partial charge is 0.338 e. The van der Waals surface area contributed by atoms with E-state index in [9.17, 15) is 14.0 Å². The predicted octanol–water partition coefficient (Wildman–Crippen LogP) is 6.58. The molecule has 234 valence electrons. The molecule has 0 fully saturated rings. The van der Waals surface area contributed by atoms with Crippen LogP contribution < -0.4 is 19.6 Å². The molecular formula is C36H31ClFN3O4S. The summed E-state index contributed by atoms with van der Waals surface area (Å²) in [5.41, 5.74) is 5.31. The Morgan fingerprint density at radius 3 is 2.48 bits per heavy atom. The number of esters is 1. The van der Waals surface area contributed by atoms with Gasteiger partial charge in [-0.2, -0.15) is 0 Å². The van der Waals surface area contributed by atoms with Gasteiger partial charge in [-0.1, -0.05) is 59.3 Å². The van der Waals surface area contributed by atoms with Crippen molar-refractivity contribution in [3.8, 4) is 11.4 Å². The molecule has 7 nitrogen and oxygen atoms in total. The lowest BCUT2D eigenvalue weighted by Gasteiger charge is -2.25. The number of halogens is 2. The summed E-state index contributed by atoms with van der Waals surface area (Å²) in [6.45, 7) is 7.80. The number of rotatable bonds is 8. The van der Waals surface area contributed by atoms with Crippen LogP contribution >= 0.6 is 22.9 Å². The topological polar surface area (TPSA) is 74.8 Å². The SMILES string of the molecule is CCOC(=O)C1=C(C)N=c2s/c(=C\c3cc(C)n(-c4ccc(OCc5ccccc5F)cc4)c3C)c(=O)n2[C@H]1c1ccccc1Cl. The highest BCUT2D eigenvalue weighted by molar-refractivity contribution is 7.07. The van der Waals surface area contributed by atoms with Crippen LogP contribution in [0, 0.1) is 19.7 Å². The van der Waals surface area contributed by atoms with Crippen LogP contribution in [0.15, 0.2) is 99.9 Å². The fraction of sp³-hybridized carbons (Fsp3) is 0.194. The molecule has 0 bridgehead atoms. The molecule has 0 saturated carbocycles. The number of thiazole rings is 1. The first-order valence-electron chi connectivity index (χ1n) is 14.8. The second kappa shape index (κ2) is 12.9. The zero-order valence-electron chi connectivity index (χ0n) is 25.7. The number of aryl methyl sites for hydroxylation is 1. The summed E-state index contributed by atoms with van der Waals surface area (Å²) < 4.78 is 29.3. The van der Waals surface area contributed by atoms with Gasteiger partial charge in [-0.15, -0.1) is 0 Å². The zero-order valence-corrected chi connectivity index (χ0v) is 27.3. The molecule has 2 aromatic heterocycles. The summed E-state index contributed by atoms with van der Waals surface area (Å²) in [4.78, 5) is 32.3. The van der Waals surface area contributed by atoms with Crippen molar-refractivity contribution in [3.05, 3.63) is 149 Å². The molecule has 46 heavy (non-hydrogen) atoms. The van der Waals surface area contributed by atoms with Gasteiger partial charge in [-0.05, 0) is 87.4 Å². The van der Waals surface area contributed by atoms with Gasteiger partial charge in [0.15, 0.2) is 4.80 Å². The summed E-state index contributed by atoms with van der Waals surface area (Å²) in [6, 6.07) is 22.6. The number of allylic oxidation sites excluding steroid dienone is 1. The molecule has 1 atom stereocenters. The van der Waals surface area contributed by atoms with Crippen LogP contribution in [0.25, 0.3) is 11.8 Å². The second-order valence-corrected chi connectivity index (χ2v) is 12.3. The predicted molar refractivity (Wildman–Crippen MR) is 178 cm³/mol. The highest BCUT2D eigenvalue weighted by Crippen LogP contribution is 2.34. The van der Waals surface area contributed by atoms with E-state index < -0.39 is 12.0 Å². The third-order valence-electron chi connectivity index (χ3n) is 7.92. The van der Waals surface area contributed by atoms with Gasteiger partial charge in [0.05, 0.1) is 22.4 Å². The molecule has 0 amide bonds. The summed E-state index contributed by atoms with van der Waals surface area (Å²) in [5.74, 6) is -0.205. The number of carbonyl (C=O) groups excluding carboxylic acids is 1. The number of benzene rings is 3. The number of aromatic nitrogens is 2. The Kier molecular flexibility index (Phi) is 8.80. The fourth-order valence-corrected chi connectivity index (χ4v) is 7.00. The number of fused-ring (bicyclic) bond motifs is 1. The van der Waals surface area contributed by atoms with E-state index in [0.29, 0.717) is 36.9 Å². The van der Waals surface area contributed by atoms with E-state index in [-0.39, 0.29) is 30.2 Å². The molecule has 1 aliphatic rings. The Bertz CT molecular complexity index is 2180. The number of hydrogen-bond acceptors (Lipinski definition) is 6. The van der Waals surface area contributed by atoms with Crippen molar-refractivity contribution in [3.63, 3.8) is 0 Å². The second-order valence-electron chi connectivity index (χ2n) is 10.9. The van der Waals surface area contributed by atoms with Gasteiger partial charge >= 0.3 is 5.97 Å². The monoisotopic (exact) mass is 655 g/mol. The van der Waals surface area contributed by atoms with Gasteiger partial charge in [-0.25, -0.2) is 14.2 Å². The van der Waals surface area contributed by atoms with Crippen LogP contribution in [0.3, 0.4) is 0 Å². The third kappa shape index (κ3) is 5.84. The lowest BCUT2D eigenvalue weighted by molar-refractivity contribution is -0.139. The Morgan fingerprint density at radius 2 is 1.76 bits per heavy atom. The van der Waals surface area contributed by atoms with Crippen LogP contribution in [0.5, 0.6) is 5.75 Å². The highest BCUT2D eigenvalue weighted by atomic mass is 35.5. The average molecular weight is 656 g/mol. The van der Waals surface area contributed by atoms with E-state index in [0.717, 1.165) is 22.6 Å². The van der Waals surface area contributed by atoms with Crippen LogP contribution in [-0.2, 0) is 16.1 Å². The molecule has 0 N–H and O–H groups in total. The minimum atomic E-state index is -0.780. The van der Waals surface area contributed by atoms with Gasteiger partial charge in [0.2, 0.25) is 0 Å². The number of nitrogens with zero attached hydrogens (tertiary/aromatic N) is 3. The van der Waals surface area contributed by atoms with E-state index in [1.165, 1.54) is 22.0 Å². The first-order valence-corrected chi connectivity index (χ1v) is 16.0. The summed E-state index contributed by atoms with van der Waals surface area (Å²) in [5, 5.41) is 0.436. The maximum absolute atomic E-state index is 14.1. The van der Waals surface area contributed by atoms with Crippen molar-refractivity contribution in [1.29, 1.82) is 0 Å². The van der Waals surface area contributed by atoms with Crippen LogP contribution in [0.2, 0.25) is 5.02 Å². The first kappa shape index (κ1) is 31.3. The van der Waals surface area contributed by atoms with Crippen molar-refractivity contribution in [2.24, 2.45) is 4.99 Å². The number of hydrogen-bond donors (Lipinski definition) is 0. The summed E-state index contributed by atoms with van der Waals surface area (Å²) in [6.07, 6.45) is 1.86. The molecular weight excluding hydrogens is 625 g/mol. The standard InChI is InChI=1S/C36H31ClFN3O4S/c1-5-44-35(43)32-22(3)39-36-41(33(32)28-11-7-8-12-29(28)37)34(42)31(46-36)19-25-18-21(2)40(23(25)4)26-14-16-27(17-15-26)45-20-24-10-6-9-13-30(24)38/h6-19,33H,5,20H2,1-4H3/b31-19-/t33-/m0/s1. The highest BCUT2D eigenvalue weighted by Gasteiger charge is 2.34. The minimum Gasteiger partial charge on any atom is -0.489 e. The third-order valence-corrected chi connectivity index (χ3v) is 9.25. The summed E-state index contributed by atoms with van der Waals surface area (Å²) >= 11 is 7.88. The van der Waals surface area contributed by atoms with Gasteiger partial charge < -0.3 is 14.0 Å². The van der Waals surface area contributed by atoms with Crippen molar-refractivity contribution in [1.82, 2.24) is 9.13 Å². The van der Waals surface area contributed by atoms with E-state index in [4.69, 9.17) is 21.1 Å². The lowest BCUT2D eigenvalue weighted by atomic mass is 9.96. The quantitative estimate of drug-likeness (QED) is 0.177. The Morgan fingerprint density at radius 1 is 1.04 bits per heavy atom. The fourth-order valence-electron chi connectivity index (χ4n) is 5.72. The molecule has 6 rings (SSSR count). The van der Waals surface area contributed by atoms with Crippen LogP contribution in [0.1, 0.15) is 48.0 Å². The molecule has 0 radical (unpaired) electrons. The molecule has 3 heterocycles. The number of ether oxygens (including phenoxy) is 2. The molecule has 0 aliphatic carbocycles. The van der Waals surface area contributed by atoms with Crippen molar-refractivity contribution < 1.29 is 18.7 Å². The molecule has 10 heteroatoms. The Hall–Kier alpha value is -4.73. The summed E-state index contributed by atoms with van der Waals surface area (Å²) in [7, 11) is 0. The number of carbonyl (C=O) groups is 1. The average Bonchev–Trinajstić information content (AvgIpc) is 3.49. The van der Waals surface area contributed by atoms with Crippen molar-refractivity contribution >= 4 is 35.0 Å². The lowest BCUT2D eigenvalue weighted by Crippen LogP contribution is -2.40. The van der Waals surface area contributed by atoms with E-state index in [1.54, 1.807) is 44.2 Å². The van der Waals surface area contributed by atoms with Gasteiger partial charge in [-0.3, -0.25) is 9.36 Å². The molecule has 0 spiro atoms. The minimum absolute atomic E-state index is 0.132. The molecule has 0 unspecified atom stereocenters. The maximum Gasteiger partial charge on any atom is 0.338 e. The van der Waals surface area contributed by atoms with Crippen molar-refractivity contribution in [2.45, 2.75) is 40.3 Å². The first-order chi connectivity index (χ1) is 22.2. The van der Waals surface area contributed by atoms with Crippen LogP contribution in [0.4, 0.5) is 4.39 Å². The molecule has 1 aliphatic heterocycles. The Labute approximate surface area is 274 Å². The van der Waals surface area contributed by atoms with Gasteiger partial charge in [0.25, 0.3) is 5.56 Å². The zero-order chi connectivity index (χ0) is 32.5. The molecule has 5 aromatic rings. The van der Waals surface area contributed by atoms with E-state index in [1.807, 2.05) is 62.4 Å². The largest absolute Gasteiger partial charge is 0.489 e. The van der Waals surface area contributed by atoms with E-state index >= 15 is 0 Å². The molecule has 0 saturated heterocycles. The Balaban J connectivity index is 1.36. The van der Waals surface area contributed by atoms with Gasteiger partial charge in [0, 0.05) is 27.7 Å². The van der Waals surface area contributed by atoms with Crippen molar-refractivity contribution in [2.75, 3.05) is 6.61 Å². The van der Waals surface area contributed by atoms with Crippen LogP contribution in [-0.4, -0.2) is 21.7 Å². The van der Waals surface area contributed by atoms with Gasteiger partial charge in [0.1, 0.15) is 24.2 Å².